The van der Waals surface area contributed by atoms with Crippen LogP contribution in [-0.4, -0.2) is 35.5 Å². The summed E-state index contributed by atoms with van der Waals surface area (Å²) in [5.74, 6) is -0.314. The van der Waals surface area contributed by atoms with Crippen LogP contribution in [0.25, 0.3) is 0 Å². The van der Waals surface area contributed by atoms with Crippen LogP contribution in [-0.2, 0) is 24.8 Å². The molecule has 3 rings (SSSR count). The highest BCUT2D eigenvalue weighted by Gasteiger charge is 2.22. The SMILES string of the molecule is CC(C)c1ccc(N(CC(=O)Nc2ccc(S(=O)(=O)Nc3cccc(Cl)c3Cl)cc2)S(C)(=O)=O)cc1. The summed E-state index contributed by atoms with van der Waals surface area (Å²) in [6.45, 7) is 3.60. The maximum Gasteiger partial charge on any atom is 0.261 e. The molecule has 8 nitrogen and oxygen atoms in total. The number of nitrogens with one attached hydrogen (secondary N) is 2. The fraction of sp³-hybridized carbons (Fsp3) is 0.208. The molecular formula is C24H25Cl2N3O5S2. The van der Waals surface area contributed by atoms with Gasteiger partial charge >= 0.3 is 0 Å². The van der Waals surface area contributed by atoms with Crippen molar-refractivity contribution < 1.29 is 21.6 Å². The summed E-state index contributed by atoms with van der Waals surface area (Å²) in [5, 5.41) is 2.86. The van der Waals surface area contributed by atoms with Gasteiger partial charge in [-0.3, -0.25) is 13.8 Å². The Balaban J connectivity index is 1.72. The monoisotopic (exact) mass is 569 g/mol. The number of benzene rings is 3. The number of carbonyl (C=O) groups is 1. The van der Waals surface area contributed by atoms with Crippen molar-refractivity contribution in [1.82, 2.24) is 0 Å². The van der Waals surface area contributed by atoms with E-state index in [0.717, 1.165) is 16.1 Å². The van der Waals surface area contributed by atoms with E-state index in [2.05, 4.69) is 10.0 Å². The summed E-state index contributed by atoms with van der Waals surface area (Å²) >= 11 is 12.0. The number of hydrogen-bond acceptors (Lipinski definition) is 5. The Hall–Kier alpha value is -2.79. The number of rotatable bonds is 9. The molecule has 0 saturated heterocycles. The van der Waals surface area contributed by atoms with Crippen molar-refractivity contribution in [2.45, 2.75) is 24.7 Å². The highest BCUT2D eigenvalue weighted by molar-refractivity contribution is 7.92. The molecule has 2 N–H and O–H groups in total. The van der Waals surface area contributed by atoms with Gasteiger partial charge in [0.15, 0.2) is 0 Å². The Bertz CT molecular complexity index is 1460. The van der Waals surface area contributed by atoms with Gasteiger partial charge in [0, 0.05) is 5.69 Å². The number of nitrogens with zero attached hydrogens (tertiary/aromatic N) is 1. The molecule has 12 heteroatoms. The van der Waals surface area contributed by atoms with Crippen molar-refractivity contribution in [2.75, 3.05) is 27.1 Å². The Morgan fingerprint density at radius 1 is 0.917 bits per heavy atom. The average Bonchev–Trinajstić information content (AvgIpc) is 2.80. The van der Waals surface area contributed by atoms with Gasteiger partial charge in [0.05, 0.1) is 32.6 Å². The summed E-state index contributed by atoms with van der Waals surface area (Å²) in [6, 6.07) is 16.9. The van der Waals surface area contributed by atoms with Crippen molar-refractivity contribution in [3.05, 3.63) is 82.3 Å². The molecule has 1 amide bonds. The van der Waals surface area contributed by atoms with Gasteiger partial charge in [-0.15, -0.1) is 0 Å². The Morgan fingerprint density at radius 3 is 2.08 bits per heavy atom. The van der Waals surface area contributed by atoms with Crippen LogP contribution in [0.4, 0.5) is 17.1 Å². The molecule has 192 valence electrons. The minimum Gasteiger partial charge on any atom is -0.325 e. The fourth-order valence-electron chi connectivity index (χ4n) is 3.26. The lowest BCUT2D eigenvalue weighted by Crippen LogP contribution is -2.37. The number of halogens is 2. The second-order valence-corrected chi connectivity index (χ2v) is 12.7. The highest BCUT2D eigenvalue weighted by Crippen LogP contribution is 2.31. The first kappa shape index (κ1) is 27.8. The first-order chi connectivity index (χ1) is 16.8. The molecule has 0 aliphatic carbocycles. The maximum atomic E-state index is 12.7. The van der Waals surface area contributed by atoms with Crippen molar-refractivity contribution in [2.24, 2.45) is 0 Å². The number of sulfonamides is 2. The second kappa shape index (κ2) is 11.1. The topological polar surface area (TPSA) is 113 Å². The summed E-state index contributed by atoms with van der Waals surface area (Å²) in [5.41, 5.74) is 1.83. The van der Waals surface area contributed by atoms with Crippen molar-refractivity contribution in [1.29, 1.82) is 0 Å². The van der Waals surface area contributed by atoms with Crippen LogP contribution < -0.4 is 14.3 Å². The minimum atomic E-state index is -3.98. The lowest BCUT2D eigenvalue weighted by molar-refractivity contribution is -0.114. The van der Waals surface area contributed by atoms with Crippen molar-refractivity contribution >= 4 is 66.2 Å². The van der Waals surface area contributed by atoms with E-state index >= 15 is 0 Å². The third-order valence-corrected chi connectivity index (χ3v) is 8.52. The van der Waals surface area contributed by atoms with E-state index in [0.29, 0.717) is 11.4 Å². The molecule has 0 aromatic heterocycles. The van der Waals surface area contributed by atoms with Crippen LogP contribution in [0.15, 0.2) is 71.6 Å². The first-order valence-corrected chi connectivity index (χ1v) is 14.8. The number of amides is 1. The molecule has 0 unspecified atom stereocenters. The molecule has 0 heterocycles. The predicted octanol–water partition coefficient (Wildman–Crippen LogP) is 5.32. The fourth-order valence-corrected chi connectivity index (χ4v) is 5.59. The molecule has 0 aliphatic heterocycles. The predicted molar refractivity (Wildman–Crippen MR) is 145 cm³/mol. The van der Waals surface area contributed by atoms with E-state index in [1.807, 2.05) is 26.0 Å². The van der Waals surface area contributed by atoms with Crippen molar-refractivity contribution in [3.8, 4) is 0 Å². The lowest BCUT2D eigenvalue weighted by Gasteiger charge is -2.22. The molecular weight excluding hydrogens is 545 g/mol. The van der Waals surface area contributed by atoms with Gasteiger partial charge in [-0.2, -0.15) is 0 Å². The minimum absolute atomic E-state index is 0.0699. The molecule has 0 atom stereocenters. The molecule has 3 aromatic rings. The normalized spacial score (nSPS) is 11.8. The Kier molecular flexibility index (Phi) is 8.55. The van der Waals surface area contributed by atoms with E-state index in [4.69, 9.17) is 23.2 Å². The van der Waals surface area contributed by atoms with Gasteiger partial charge in [-0.05, 0) is 60.0 Å². The molecule has 0 fully saturated rings. The summed E-state index contributed by atoms with van der Waals surface area (Å²) < 4.78 is 53.5. The zero-order valence-electron chi connectivity index (χ0n) is 19.7. The molecule has 0 bridgehead atoms. The molecule has 3 aromatic carbocycles. The first-order valence-electron chi connectivity index (χ1n) is 10.7. The molecule has 36 heavy (non-hydrogen) atoms. The maximum absolute atomic E-state index is 12.7. The van der Waals surface area contributed by atoms with Gasteiger partial charge in [-0.25, -0.2) is 16.8 Å². The van der Waals surface area contributed by atoms with E-state index < -0.39 is 32.5 Å². The smallest absolute Gasteiger partial charge is 0.261 e. The van der Waals surface area contributed by atoms with Crippen LogP contribution in [0.1, 0.15) is 25.3 Å². The van der Waals surface area contributed by atoms with Gasteiger partial charge in [-0.1, -0.05) is 55.2 Å². The average molecular weight is 571 g/mol. The van der Waals surface area contributed by atoms with E-state index in [1.165, 1.54) is 36.4 Å². The van der Waals surface area contributed by atoms with Crippen molar-refractivity contribution in [3.63, 3.8) is 0 Å². The van der Waals surface area contributed by atoms with Crippen LogP contribution in [0.2, 0.25) is 10.0 Å². The van der Waals surface area contributed by atoms with Gasteiger partial charge < -0.3 is 5.32 Å². The number of carbonyl (C=O) groups excluding carboxylic acids is 1. The Morgan fingerprint density at radius 2 is 1.53 bits per heavy atom. The third kappa shape index (κ3) is 6.91. The molecule has 0 spiro atoms. The van der Waals surface area contributed by atoms with E-state index in [1.54, 1.807) is 18.2 Å². The van der Waals surface area contributed by atoms with Gasteiger partial charge in [0.2, 0.25) is 15.9 Å². The third-order valence-electron chi connectivity index (χ3n) is 5.18. The molecule has 0 aliphatic rings. The Labute approximate surface area is 221 Å². The standard InChI is InChI=1S/C24H25Cl2N3O5S2/c1-16(2)17-7-11-19(12-8-17)29(35(3,31)32)15-23(30)27-18-9-13-20(14-10-18)36(33,34)28-22-6-4-5-21(25)24(22)26/h4-14,16,28H,15H2,1-3H3,(H,27,30). The highest BCUT2D eigenvalue weighted by atomic mass is 35.5. The van der Waals surface area contributed by atoms with Crippen LogP contribution in [0.3, 0.4) is 0 Å². The quantitative estimate of drug-likeness (QED) is 0.362. The van der Waals surface area contributed by atoms with Gasteiger partial charge in [0.25, 0.3) is 10.0 Å². The largest absolute Gasteiger partial charge is 0.325 e. The number of hydrogen-bond donors (Lipinski definition) is 2. The summed E-state index contributed by atoms with van der Waals surface area (Å²) in [7, 11) is -7.71. The van der Waals surface area contributed by atoms with Crippen LogP contribution in [0.5, 0.6) is 0 Å². The number of anilines is 3. The summed E-state index contributed by atoms with van der Waals surface area (Å²) in [4.78, 5) is 12.6. The second-order valence-electron chi connectivity index (χ2n) is 8.30. The van der Waals surface area contributed by atoms with Gasteiger partial charge in [0.1, 0.15) is 6.54 Å². The molecule has 0 saturated carbocycles. The lowest BCUT2D eigenvalue weighted by atomic mass is 10.0. The molecule has 0 radical (unpaired) electrons. The zero-order valence-corrected chi connectivity index (χ0v) is 22.8. The van der Waals surface area contributed by atoms with E-state index in [9.17, 15) is 21.6 Å². The zero-order chi connectivity index (χ0) is 26.7. The van der Waals surface area contributed by atoms with Crippen LogP contribution in [0, 0.1) is 0 Å². The summed E-state index contributed by atoms with van der Waals surface area (Å²) in [6.07, 6.45) is 1.02. The van der Waals surface area contributed by atoms with Crippen LogP contribution >= 0.6 is 23.2 Å². The van der Waals surface area contributed by atoms with E-state index in [-0.39, 0.29) is 26.5 Å².